The van der Waals surface area contributed by atoms with E-state index in [0.717, 1.165) is 5.56 Å². The Hall–Kier alpha value is -2.40. The van der Waals surface area contributed by atoms with Crippen LogP contribution < -0.4 is 25.6 Å². The van der Waals surface area contributed by atoms with E-state index in [1.165, 1.54) is 0 Å². The highest BCUT2D eigenvalue weighted by atomic mass is 79.9. The number of thiocarbonyl (C=S) groups is 1. The van der Waals surface area contributed by atoms with Gasteiger partial charge in [0.15, 0.2) is 11.7 Å². The second kappa shape index (κ2) is 12.5. The zero-order valence-electron chi connectivity index (χ0n) is 16.8. The highest BCUT2D eigenvalue weighted by Gasteiger charge is 2.15. The first-order valence-electron chi connectivity index (χ1n) is 9.00. The number of hydrogen-bond acceptors (Lipinski definition) is 6. The number of ether oxygens (including phenoxy) is 3. The summed E-state index contributed by atoms with van der Waals surface area (Å²) in [5.74, 6) is -0.122. The average molecular weight is 531 g/mol. The molecular weight excluding hydrogens is 510 g/mol. The molecule has 8 nitrogen and oxygen atoms in total. The molecule has 0 saturated carbocycles. The Morgan fingerprint density at radius 2 is 1.87 bits per heavy atom. The zero-order chi connectivity index (χ0) is 22.8. The van der Waals surface area contributed by atoms with Crippen molar-refractivity contribution in [2.45, 2.75) is 6.92 Å². The van der Waals surface area contributed by atoms with Gasteiger partial charge in [-0.15, -0.1) is 0 Å². The number of carbonyl (C=O) groups is 2. The van der Waals surface area contributed by atoms with Crippen molar-refractivity contribution in [3.05, 3.63) is 57.0 Å². The van der Waals surface area contributed by atoms with Crippen molar-refractivity contribution in [3.63, 3.8) is 0 Å². The first-order valence-corrected chi connectivity index (χ1v) is 10.6. The smallest absolute Gasteiger partial charge is 0.276 e. The normalized spacial score (nSPS) is 10.2. The number of nitrogens with one attached hydrogen (secondary N) is 3. The number of halogens is 2. The fraction of sp³-hybridized carbons (Fsp3) is 0.250. The van der Waals surface area contributed by atoms with Gasteiger partial charge >= 0.3 is 0 Å². The van der Waals surface area contributed by atoms with Gasteiger partial charge in [-0.1, -0.05) is 27.5 Å². The van der Waals surface area contributed by atoms with Crippen LogP contribution in [-0.4, -0.2) is 43.9 Å². The molecular formula is C20H21BrClN3O5S. The molecule has 0 saturated heterocycles. The summed E-state index contributed by atoms with van der Waals surface area (Å²) in [7, 11) is 1.55. The molecule has 0 heterocycles. The minimum Gasteiger partial charge on any atom is -0.490 e. The molecule has 0 aliphatic heterocycles. The second-order valence-electron chi connectivity index (χ2n) is 6.14. The molecule has 0 aliphatic carbocycles. The van der Waals surface area contributed by atoms with Gasteiger partial charge in [0.05, 0.1) is 12.2 Å². The lowest BCUT2D eigenvalue weighted by molar-refractivity contribution is -0.123. The van der Waals surface area contributed by atoms with Gasteiger partial charge in [0.2, 0.25) is 0 Å². The van der Waals surface area contributed by atoms with E-state index < -0.39 is 11.8 Å². The van der Waals surface area contributed by atoms with Gasteiger partial charge in [-0.3, -0.25) is 25.8 Å². The molecule has 0 radical (unpaired) electrons. The van der Waals surface area contributed by atoms with Crippen LogP contribution in [0.5, 0.6) is 11.5 Å². The summed E-state index contributed by atoms with van der Waals surface area (Å²) in [6, 6.07) is 10.1. The summed E-state index contributed by atoms with van der Waals surface area (Å²) < 4.78 is 16.6. The van der Waals surface area contributed by atoms with Crippen molar-refractivity contribution in [2.75, 3.05) is 26.9 Å². The van der Waals surface area contributed by atoms with Gasteiger partial charge in [-0.25, -0.2) is 0 Å². The maximum Gasteiger partial charge on any atom is 0.276 e. The lowest BCUT2D eigenvalue weighted by Crippen LogP contribution is -2.49. The third-order valence-corrected chi connectivity index (χ3v) is 4.89. The predicted octanol–water partition coefficient (Wildman–Crippen LogP) is 3.15. The van der Waals surface area contributed by atoms with Gasteiger partial charge in [0.1, 0.15) is 18.1 Å². The Morgan fingerprint density at radius 3 is 2.58 bits per heavy atom. The third-order valence-electron chi connectivity index (χ3n) is 3.77. The molecule has 0 spiro atoms. The summed E-state index contributed by atoms with van der Waals surface area (Å²) in [6.07, 6.45) is 0. The summed E-state index contributed by atoms with van der Waals surface area (Å²) in [5, 5.41) is 2.99. The molecule has 2 amide bonds. The van der Waals surface area contributed by atoms with Crippen LogP contribution in [0, 0.1) is 6.92 Å². The van der Waals surface area contributed by atoms with Gasteiger partial charge in [0.25, 0.3) is 11.8 Å². The van der Waals surface area contributed by atoms with Gasteiger partial charge in [0, 0.05) is 16.6 Å². The molecule has 2 aromatic carbocycles. The maximum absolute atomic E-state index is 12.6. The number of benzene rings is 2. The fourth-order valence-electron chi connectivity index (χ4n) is 2.26. The van der Waals surface area contributed by atoms with Crippen LogP contribution in [0.2, 0.25) is 5.02 Å². The van der Waals surface area contributed by atoms with Gasteiger partial charge in [-0.05, 0) is 61.1 Å². The van der Waals surface area contributed by atoms with Crippen LogP contribution in [-0.2, 0) is 9.53 Å². The van der Waals surface area contributed by atoms with E-state index in [4.69, 9.17) is 38.0 Å². The Balaban J connectivity index is 1.83. The van der Waals surface area contributed by atoms with Crippen LogP contribution >= 0.6 is 39.7 Å². The van der Waals surface area contributed by atoms with Crippen LogP contribution in [0.4, 0.5) is 0 Å². The topological polar surface area (TPSA) is 97.9 Å². The van der Waals surface area contributed by atoms with E-state index >= 15 is 0 Å². The second-order valence-corrected chi connectivity index (χ2v) is 7.87. The van der Waals surface area contributed by atoms with Gasteiger partial charge in [-0.2, -0.15) is 0 Å². The van der Waals surface area contributed by atoms with Crippen LogP contribution in [0.25, 0.3) is 0 Å². The molecule has 31 heavy (non-hydrogen) atoms. The lowest BCUT2D eigenvalue weighted by atomic mass is 10.2. The summed E-state index contributed by atoms with van der Waals surface area (Å²) in [4.78, 5) is 24.5. The molecule has 166 valence electrons. The molecule has 0 aromatic heterocycles. The van der Waals surface area contributed by atoms with E-state index in [9.17, 15) is 9.59 Å². The number of carbonyl (C=O) groups excluding carboxylic acids is 2. The number of hydrogen-bond donors (Lipinski definition) is 3. The monoisotopic (exact) mass is 529 g/mol. The quantitative estimate of drug-likeness (QED) is 0.274. The summed E-state index contributed by atoms with van der Waals surface area (Å²) in [5.41, 5.74) is 5.90. The fourth-order valence-corrected chi connectivity index (χ4v) is 2.88. The standard InChI is InChI=1S/C20H21BrClN3O5S/c1-12-9-14(4-5-16(12)22)30-11-18(26)24-25-20(31)23-19(27)15-10-13(21)3-6-17(15)29-8-7-28-2/h3-6,9-10H,7-8,11H2,1-2H3,(H,24,26)(H2,23,25,27,31). The molecule has 0 atom stereocenters. The minimum atomic E-state index is -0.506. The van der Waals surface area contributed by atoms with E-state index in [2.05, 4.69) is 32.1 Å². The van der Waals surface area contributed by atoms with Crippen molar-refractivity contribution >= 4 is 56.7 Å². The van der Waals surface area contributed by atoms with Crippen molar-refractivity contribution in [1.82, 2.24) is 16.2 Å². The van der Waals surface area contributed by atoms with E-state index in [-0.39, 0.29) is 23.9 Å². The Kier molecular flexibility index (Phi) is 9.99. The largest absolute Gasteiger partial charge is 0.490 e. The van der Waals surface area contributed by atoms with Crippen molar-refractivity contribution in [1.29, 1.82) is 0 Å². The molecule has 2 rings (SSSR count). The SMILES string of the molecule is COCCOc1ccc(Br)cc1C(=O)NC(=S)NNC(=O)COc1ccc(Cl)c(C)c1. The van der Waals surface area contributed by atoms with Gasteiger partial charge < -0.3 is 14.2 Å². The molecule has 0 bridgehead atoms. The Labute approximate surface area is 198 Å². The molecule has 0 aliphatic rings. The maximum atomic E-state index is 12.6. The first kappa shape index (κ1) is 24.9. The predicted molar refractivity (Wildman–Crippen MR) is 125 cm³/mol. The molecule has 11 heteroatoms. The third kappa shape index (κ3) is 8.33. The average Bonchev–Trinajstić information content (AvgIpc) is 2.74. The van der Waals surface area contributed by atoms with Crippen molar-refractivity contribution in [2.24, 2.45) is 0 Å². The van der Waals surface area contributed by atoms with Crippen molar-refractivity contribution in [3.8, 4) is 11.5 Å². The molecule has 0 unspecified atom stereocenters. The minimum absolute atomic E-state index is 0.0940. The van der Waals surface area contributed by atoms with E-state index in [0.29, 0.717) is 27.6 Å². The van der Waals surface area contributed by atoms with Crippen LogP contribution in [0.3, 0.4) is 0 Å². The Bertz CT molecular complexity index is 960. The van der Waals surface area contributed by atoms with E-state index in [1.807, 2.05) is 6.92 Å². The summed E-state index contributed by atoms with van der Waals surface area (Å²) >= 11 is 14.3. The lowest BCUT2D eigenvalue weighted by Gasteiger charge is -2.14. The van der Waals surface area contributed by atoms with Crippen molar-refractivity contribution < 1.29 is 23.8 Å². The summed E-state index contributed by atoms with van der Waals surface area (Å²) in [6.45, 7) is 2.23. The highest BCUT2D eigenvalue weighted by molar-refractivity contribution is 9.10. The van der Waals surface area contributed by atoms with Crippen LogP contribution in [0.15, 0.2) is 40.9 Å². The Morgan fingerprint density at radius 1 is 1.10 bits per heavy atom. The molecule has 3 N–H and O–H groups in total. The van der Waals surface area contributed by atoms with Crippen LogP contribution in [0.1, 0.15) is 15.9 Å². The zero-order valence-corrected chi connectivity index (χ0v) is 19.9. The molecule has 2 aromatic rings. The number of aryl methyl sites for hydroxylation is 1. The first-order chi connectivity index (χ1) is 14.8. The number of methoxy groups -OCH3 is 1. The van der Waals surface area contributed by atoms with E-state index in [1.54, 1.807) is 43.5 Å². The number of rotatable bonds is 8. The number of amides is 2. The molecule has 0 fully saturated rings. The highest BCUT2D eigenvalue weighted by Crippen LogP contribution is 2.23. The number of hydrazine groups is 1.